The molecule has 1 aliphatic heterocycles. The van der Waals surface area contributed by atoms with Crippen LogP contribution in [0.1, 0.15) is 48.8 Å². The van der Waals surface area contributed by atoms with Crippen LogP contribution in [0.25, 0.3) is 0 Å². The molecule has 1 saturated carbocycles. The van der Waals surface area contributed by atoms with Crippen LogP contribution >= 0.6 is 0 Å². The molecular formula is C25H34FN3O. The number of rotatable bonds is 6. The lowest BCUT2D eigenvalue weighted by atomic mass is 9.76. The third kappa shape index (κ3) is 4.69. The second-order valence-corrected chi connectivity index (χ2v) is 8.98. The van der Waals surface area contributed by atoms with Crippen LogP contribution in [0.2, 0.25) is 0 Å². The normalized spacial score (nSPS) is 20.3. The highest BCUT2D eigenvalue weighted by Gasteiger charge is 2.35. The van der Waals surface area contributed by atoms with Gasteiger partial charge in [0.15, 0.2) is 0 Å². The van der Waals surface area contributed by atoms with Crippen LogP contribution in [0.5, 0.6) is 5.75 Å². The highest BCUT2D eigenvalue weighted by Crippen LogP contribution is 2.39. The van der Waals surface area contributed by atoms with Crippen LogP contribution in [-0.4, -0.2) is 48.1 Å². The van der Waals surface area contributed by atoms with Crippen molar-refractivity contribution in [2.45, 2.75) is 50.7 Å². The SMILES string of the molecule is CN1CCN(Cc2cccc(CNC3(c4ccccc4F)CCCCC3)c2O)CC1. The maximum Gasteiger partial charge on any atom is 0.128 e. The van der Waals surface area contributed by atoms with Gasteiger partial charge in [-0.3, -0.25) is 4.90 Å². The molecule has 2 N–H and O–H groups in total. The van der Waals surface area contributed by atoms with Gasteiger partial charge in [0.25, 0.3) is 0 Å². The van der Waals surface area contributed by atoms with E-state index in [0.29, 0.717) is 12.3 Å². The molecule has 0 unspecified atom stereocenters. The van der Waals surface area contributed by atoms with Crippen LogP contribution in [0.3, 0.4) is 0 Å². The van der Waals surface area contributed by atoms with Crippen molar-refractivity contribution in [3.8, 4) is 5.75 Å². The van der Waals surface area contributed by atoms with Gasteiger partial charge in [-0.05, 0) is 26.0 Å². The van der Waals surface area contributed by atoms with E-state index in [1.165, 1.54) is 6.42 Å². The molecule has 0 atom stereocenters. The fraction of sp³-hybridized carbons (Fsp3) is 0.520. The van der Waals surface area contributed by atoms with E-state index in [2.05, 4.69) is 22.2 Å². The van der Waals surface area contributed by atoms with E-state index < -0.39 is 0 Å². The number of aromatic hydroxyl groups is 1. The van der Waals surface area contributed by atoms with Gasteiger partial charge < -0.3 is 15.3 Å². The summed E-state index contributed by atoms with van der Waals surface area (Å²) in [7, 11) is 2.15. The molecule has 0 spiro atoms. The number of para-hydroxylation sites is 1. The van der Waals surface area contributed by atoms with Crippen LogP contribution in [0, 0.1) is 5.82 Å². The Morgan fingerprint density at radius 3 is 2.37 bits per heavy atom. The first-order chi connectivity index (χ1) is 14.6. The van der Waals surface area contributed by atoms with Crippen molar-refractivity contribution in [3.05, 3.63) is 65.0 Å². The molecule has 1 aliphatic carbocycles. The fourth-order valence-corrected chi connectivity index (χ4v) is 4.97. The van der Waals surface area contributed by atoms with Gasteiger partial charge in [-0.15, -0.1) is 0 Å². The van der Waals surface area contributed by atoms with Gasteiger partial charge in [0.05, 0.1) is 0 Å². The van der Waals surface area contributed by atoms with E-state index in [4.69, 9.17) is 0 Å². The number of nitrogens with zero attached hydrogens (tertiary/aromatic N) is 2. The van der Waals surface area contributed by atoms with Gasteiger partial charge in [0.1, 0.15) is 11.6 Å². The van der Waals surface area contributed by atoms with Gasteiger partial charge in [0.2, 0.25) is 0 Å². The van der Waals surface area contributed by atoms with Gasteiger partial charge in [-0.2, -0.15) is 0 Å². The van der Waals surface area contributed by atoms with Gasteiger partial charge in [0, 0.05) is 61.5 Å². The zero-order valence-electron chi connectivity index (χ0n) is 18.0. The minimum atomic E-state index is -0.358. The average molecular weight is 412 g/mol. The summed E-state index contributed by atoms with van der Waals surface area (Å²) < 4.78 is 14.7. The van der Waals surface area contributed by atoms with Crippen molar-refractivity contribution in [1.82, 2.24) is 15.1 Å². The van der Waals surface area contributed by atoms with E-state index >= 15 is 0 Å². The third-order valence-electron chi connectivity index (χ3n) is 6.91. The number of phenols is 1. The van der Waals surface area contributed by atoms with Crippen molar-refractivity contribution >= 4 is 0 Å². The lowest BCUT2D eigenvalue weighted by molar-refractivity contribution is 0.147. The molecule has 0 radical (unpaired) electrons. The first-order valence-corrected chi connectivity index (χ1v) is 11.3. The van der Waals surface area contributed by atoms with E-state index in [-0.39, 0.29) is 11.4 Å². The zero-order valence-corrected chi connectivity index (χ0v) is 18.0. The summed E-state index contributed by atoms with van der Waals surface area (Å²) in [4.78, 5) is 4.73. The molecule has 0 aromatic heterocycles. The number of hydrogen-bond acceptors (Lipinski definition) is 4. The average Bonchev–Trinajstić information content (AvgIpc) is 2.77. The van der Waals surface area contributed by atoms with Gasteiger partial charge >= 0.3 is 0 Å². The lowest BCUT2D eigenvalue weighted by Gasteiger charge is -2.39. The van der Waals surface area contributed by atoms with Crippen LogP contribution < -0.4 is 5.32 Å². The molecule has 4 nitrogen and oxygen atoms in total. The largest absolute Gasteiger partial charge is 0.507 e. The highest BCUT2D eigenvalue weighted by atomic mass is 19.1. The molecule has 0 amide bonds. The molecule has 4 rings (SSSR count). The monoisotopic (exact) mass is 411 g/mol. The fourth-order valence-electron chi connectivity index (χ4n) is 4.97. The second-order valence-electron chi connectivity index (χ2n) is 8.98. The quantitative estimate of drug-likeness (QED) is 0.746. The summed E-state index contributed by atoms with van der Waals surface area (Å²) in [6.07, 6.45) is 5.24. The summed E-state index contributed by atoms with van der Waals surface area (Å²) in [5.74, 6) is 0.239. The van der Waals surface area contributed by atoms with E-state index in [1.807, 2.05) is 30.3 Å². The molecule has 0 bridgehead atoms. The van der Waals surface area contributed by atoms with Crippen LogP contribution in [-0.2, 0) is 18.6 Å². The summed E-state index contributed by atoms with van der Waals surface area (Å²) in [5.41, 5.74) is 2.27. The summed E-state index contributed by atoms with van der Waals surface area (Å²) >= 11 is 0. The number of hydrogen-bond donors (Lipinski definition) is 2. The van der Waals surface area contributed by atoms with Crippen molar-refractivity contribution in [2.24, 2.45) is 0 Å². The zero-order chi connectivity index (χ0) is 21.0. The lowest BCUT2D eigenvalue weighted by Crippen LogP contribution is -2.44. The minimum absolute atomic E-state index is 0.139. The Labute approximate surface area is 179 Å². The number of halogens is 1. The number of benzene rings is 2. The third-order valence-corrected chi connectivity index (χ3v) is 6.91. The molecule has 30 heavy (non-hydrogen) atoms. The number of phenolic OH excluding ortho intramolecular Hbond substituents is 1. The van der Waals surface area contributed by atoms with E-state index in [0.717, 1.165) is 75.1 Å². The Bertz CT molecular complexity index is 842. The highest BCUT2D eigenvalue weighted by molar-refractivity contribution is 5.40. The Kier molecular flexibility index (Phi) is 6.71. The molecule has 2 fully saturated rings. The molecule has 162 valence electrons. The molecule has 1 heterocycles. The molecule has 2 aromatic carbocycles. The van der Waals surface area contributed by atoms with Crippen molar-refractivity contribution < 1.29 is 9.50 Å². The molecule has 2 aromatic rings. The Hall–Kier alpha value is -1.95. The first kappa shape index (κ1) is 21.3. The molecule has 2 aliphatic rings. The first-order valence-electron chi connectivity index (χ1n) is 11.3. The maximum absolute atomic E-state index is 14.7. The standard InChI is InChI=1S/C25H34FN3O/c1-28-14-16-29(17-15-28)19-21-9-7-8-20(24(21)30)18-27-25(12-5-2-6-13-25)22-10-3-4-11-23(22)26/h3-4,7-11,27,30H,2,5-6,12-19H2,1H3. The molecule has 5 heteroatoms. The summed E-state index contributed by atoms with van der Waals surface area (Å²) in [5, 5.41) is 14.6. The second kappa shape index (κ2) is 9.46. The molecular weight excluding hydrogens is 377 g/mol. The summed E-state index contributed by atoms with van der Waals surface area (Å²) in [6, 6.07) is 13.2. The number of nitrogens with one attached hydrogen (secondary N) is 1. The van der Waals surface area contributed by atoms with E-state index in [1.54, 1.807) is 12.1 Å². The summed E-state index contributed by atoms with van der Waals surface area (Å²) in [6.45, 7) is 5.48. The predicted molar refractivity (Wildman–Crippen MR) is 119 cm³/mol. The topological polar surface area (TPSA) is 38.7 Å². The van der Waals surface area contributed by atoms with E-state index in [9.17, 15) is 9.50 Å². The van der Waals surface area contributed by atoms with Gasteiger partial charge in [-0.25, -0.2) is 4.39 Å². The minimum Gasteiger partial charge on any atom is -0.507 e. The number of piperazine rings is 1. The maximum atomic E-state index is 14.7. The number of likely N-dealkylation sites (N-methyl/N-ethyl adjacent to an activating group) is 1. The van der Waals surface area contributed by atoms with Gasteiger partial charge in [-0.1, -0.05) is 55.7 Å². The van der Waals surface area contributed by atoms with Crippen molar-refractivity contribution in [2.75, 3.05) is 33.2 Å². The Morgan fingerprint density at radius 2 is 1.63 bits per heavy atom. The Morgan fingerprint density at radius 1 is 0.933 bits per heavy atom. The van der Waals surface area contributed by atoms with Crippen molar-refractivity contribution in [3.63, 3.8) is 0 Å². The van der Waals surface area contributed by atoms with Crippen LogP contribution in [0.15, 0.2) is 42.5 Å². The van der Waals surface area contributed by atoms with Crippen molar-refractivity contribution in [1.29, 1.82) is 0 Å². The molecule has 1 saturated heterocycles. The van der Waals surface area contributed by atoms with Crippen LogP contribution in [0.4, 0.5) is 4.39 Å². The Balaban J connectivity index is 1.50. The smallest absolute Gasteiger partial charge is 0.128 e. The predicted octanol–water partition coefficient (Wildman–Crippen LogP) is 4.23.